The molecule has 0 unspecified atom stereocenters. The van der Waals surface area contributed by atoms with Crippen LogP contribution in [0.25, 0.3) is 0 Å². The fourth-order valence-electron chi connectivity index (χ4n) is 1.56. The molecule has 0 radical (unpaired) electrons. The van der Waals surface area contributed by atoms with Crippen LogP contribution in [0.2, 0.25) is 0 Å². The van der Waals surface area contributed by atoms with E-state index in [0.29, 0.717) is 22.2 Å². The number of rotatable bonds is 6. The Morgan fingerprint density at radius 2 is 2.24 bits per heavy atom. The molecular weight excluding hydrogens is 308 g/mol. The summed E-state index contributed by atoms with van der Waals surface area (Å²) in [4.78, 5) is 28.4. The van der Waals surface area contributed by atoms with Crippen molar-refractivity contribution in [1.82, 2.24) is 10.3 Å². The van der Waals surface area contributed by atoms with Crippen LogP contribution in [0, 0.1) is 0 Å². The van der Waals surface area contributed by atoms with Crippen LogP contribution < -0.4 is 16.4 Å². The van der Waals surface area contributed by atoms with E-state index in [1.54, 1.807) is 11.4 Å². The Morgan fingerprint density at radius 3 is 2.90 bits per heavy atom. The van der Waals surface area contributed by atoms with Crippen molar-refractivity contribution in [2.75, 3.05) is 11.9 Å². The van der Waals surface area contributed by atoms with Gasteiger partial charge in [-0.2, -0.15) is 0 Å². The maximum Gasteiger partial charge on any atom is 0.267 e. The van der Waals surface area contributed by atoms with Gasteiger partial charge in [-0.3, -0.25) is 14.9 Å². The summed E-state index contributed by atoms with van der Waals surface area (Å²) in [5.74, 6) is -0.318. The Kier molecular flexibility index (Phi) is 5.43. The third-order valence-corrected chi connectivity index (χ3v) is 4.29. The molecule has 2 aromatic heterocycles. The first-order valence-electron chi connectivity index (χ1n) is 6.37. The lowest BCUT2D eigenvalue weighted by atomic mass is 10.3. The lowest BCUT2D eigenvalue weighted by molar-refractivity contribution is -0.121. The van der Waals surface area contributed by atoms with Gasteiger partial charge >= 0.3 is 0 Å². The summed E-state index contributed by atoms with van der Waals surface area (Å²) in [5, 5.41) is 9.57. The molecule has 2 heterocycles. The molecule has 0 bridgehead atoms. The Labute approximate surface area is 130 Å². The molecule has 112 valence electrons. The van der Waals surface area contributed by atoms with Crippen LogP contribution in [0.3, 0.4) is 0 Å². The number of thiazole rings is 1. The fraction of sp³-hybridized carbons (Fsp3) is 0.308. The Bertz CT molecular complexity index is 609. The predicted molar refractivity (Wildman–Crippen MR) is 84.7 cm³/mol. The third kappa shape index (κ3) is 4.62. The van der Waals surface area contributed by atoms with Gasteiger partial charge in [0.15, 0.2) is 5.13 Å². The molecule has 0 aliphatic heterocycles. The molecule has 0 saturated carbocycles. The average molecular weight is 324 g/mol. The highest BCUT2D eigenvalue weighted by Crippen LogP contribution is 2.18. The molecule has 4 N–H and O–H groups in total. The number of hydrogen-bond donors (Lipinski definition) is 3. The highest BCUT2D eigenvalue weighted by atomic mass is 32.1. The van der Waals surface area contributed by atoms with E-state index in [1.165, 1.54) is 22.7 Å². The summed E-state index contributed by atoms with van der Waals surface area (Å²) in [6, 6.07) is 3.50. The topological polar surface area (TPSA) is 97.1 Å². The normalized spacial score (nSPS) is 11.9. The van der Waals surface area contributed by atoms with Crippen molar-refractivity contribution in [3.05, 3.63) is 33.5 Å². The van der Waals surface area contributed by atoms with Gasteiger partial charge in [0, 0.05) is 18.0 Å². The van der Waals surface area contributed by atoms with Gasteiger partial charge < -0.3 is 11.1 Å². The summed E-state index contributed by atoms with van der Waals surface area (Å²) in [6.07, 6.45) is 0.176. The maximum absolute atomic E-state index is 11.9. The number of nitrogens with two attached hydrogens (primary N) is 1. The molecule has 0 aliphatic carbocycles. The smallest absolute Gasteiger partial charge is 0.267 e. The Balaban J connectivity index is 1.89. The van der Waals surface area contributed by atoms with Gasteiger partial charge in [-0.15, -0.1) is 22.7 Å². The molecule has 0 spiro atoms. The third-order valence-electron chi connectivity index (χ3n) is 2.62. The highest BCUT2D eigenvalue weighted by Gasteiger charge is 2.12. The van der Waals surface area contributed by atoms with Crippen LogP contribution >= 0.6 is 22.7 Å². The summed E-state index contributed by atoms with van der Waals surface area (Å²) in [7, 11) is 0. The summed E-state index contributed by atoms with van der Waals surface area (Å²) >= 11 is 2.66. The SMILES string of the molecule is C[C@@H](CN)NC(=O)Cc1csc(NC(=O)c2cccs2)n1. The van der Waals surface area contributed by atoms with Crippen LogP contribution in [0.5, 0.6) is 0 Å². The molecule has 2 rings (SSSR count). The van der Waals surface area contributed by atoms with Crippen LogP contribution in [-0.2, 0) is 11.2 Å². The van der Waals surface area contributed by atoms with E-state index in [0.717, 1.165) is 0 Å². The molecule has 0 fully saturated rings. The van der Waals surface area contributed by atoms with Gasteiger partial charge in [0.2, 0.25) is 5.91 Å². The van der Waals surface area contributed by atoms with Crippen molar-refractivity contribution >= 4 is 39.6 Å². The number of nitrogens with one attached hydrogen (secondary N) is 2. The van der Waals surface area contributed by atoms with E-state index in [2.05, 4.69) is 15.6 Å². The first-order chi connectivity index (χ1) is 10.1. The van der Waals surface area contributed by atoms with Crippen molar-refractivity contribution in [3.8, 4) is 0 Å². The number of carbonyl (C=O) groups is 2. The minimum Gasteiger partial charge on any atom is -0.352 e. The van der Waals surface area contributed by atoms with Gasteiger partial charge in [0.25, 0.3) is 5.91 Å². The monoisotopic (exact) mass is 324 g/mol. The quantitative estimate of drug-likeness (QED) is 0.749. The predicted octanol–water partition coefficient (Wildman–Crippen LogP) is 1.46. The van der Waals surface area contributed by atoms with Crippen molar-refractivity contribution in [2.45, 2.75) is 19.4 Å². The van der Waals surface area contributed by atoms with Crippen LogP contribution in [0.1, 0.15) is 22.3 Å². The summed E-state index contributed by atoms with van der Waals surface area (Å²) in [6.45, 7) is 2.23. The largest absolute Gasteiger partial charge is 0.352 e. The van der Waals surface area contributed by atoms with Crippen LogP contribution in [0.15, 0.2) is 22.9 Å². The molecule has 6 nitrogen and oxygen atoms in total. The van der Waals surface area contributed by atoms with Crippen LogP contribution in [-0.4, -0.2) is 29.4 Å². The zero-order chi connectivity index (χ0) is 15.2. The van der Waals surface area contributed by atoms with Gasteiger partial charge in [-0.05, 0) is 18.4 Å². The van der Waals surface area contributed by atoms with Crippen molar-refractivity contribution in [1.29, 1.82) is 0 Å². The van der Waals surface area contributed by atoms with E-state index in [4.69, 9.17) is 5.73 Å². The van der Waals surface area contributed by atoms with E-state index in [1.807, 2.05) is 18.4 Å². The molecule has 21 heavy (non-hydrogen) atoms. The number of carbonyl (C=O) groups excluding carboxylic acids is 2. The van der Waals surface area contributed by atoms with E-state index in [-0.39, 0.29) is 24.3 Å². The Hall–Kier alpha value is -1.77. The van der Waals surface area contributed by atoms with Gasteiger partial charge in [0.05, 0.1) is 17.0 Å². The van der Waals surface area contributed by atoms with Gasteiger partial charge in [-0.1, -0.05) is 6.07 Å². The minimum absolute atomic E-state index is 0.0610. The summed E-state index contributed by atoms with van der Waals surface area (Å²) in [5.41, 5.74) is 6.07. The number of thiophene rings is 1. The standard InChI is InChI=1S/C13H16N4O2S2/c1-8(6-14)15-11(18)5-9-7-21-13(16-9)17-12(19)10-3-2-4-20-10/h2-4,7-8H,5-6,14H2,1H3,(H,15,18)(H,16,17,19)/t8-/m0/s1. The number of nitrogens with zero attached hydrogens (tertiary/aromatic N) is 1. The first-order valence-corrected chi connectivity index (χ1v) is 8.13. The molecule has 2 amide bonds. The van der Waals surface area contributed by atoms with Crippen molar-refractivity contribution < 1.29 is 9.59 Å². The fourth-order valence-corrected chi connectivity index (χ4v) is 2.89. The van der Waals surface area contributed by atoms with Crippen LogP contribution in [0.4, 0.5) is 5.13 Å². The van der Waals surface area contributed by atoms with E-state index in [9.17, 15) is 9.59 Å². The van der Waals surface area contributed by atoms with E-state index >= 15 is 0 Å². The lowest BCUT2D eigenvalue weighted by Crippen LogP contribution is -2.38. The molecule has 0 aliphatic rings. The Morgan fingerprint density at radius 1 is 1.43 bits per heavy atom. The number of anilines is 1. The van der Waals surface area contributed by atoms with Gasteiger partial charge in [-0.25, -0.2) is 4.98 Å². The molecular formula is C13H16N4O2S2. The molecule has 0 aromatic carbocycles. The number of hydrogen-bond acceptors (Lipinski definition) is 6. The van der Waals surface area contributed by atoms with Crippen molar-refractivity contribution in [2.24, 2.45) is 5.73 Å². The van der Waals surface area contributed by atoms with E-state index < -0.39 is 0 Å². The zero-order valence-corrected chi connectivity index (χ0v) is 13.1. The second-order valence-corrected chi connectivity index (χ2v) is 6.26. The first kappa shape index (κ1) is 15.6. The van der Waals surface area contributed by atoms with Crippen molar-refractivity contribution in [3.63, 3.8) is 0 Å². The van der Waals surface area contributed by atoms with Gasteiger partial charge in [0.1, 0.15) is 0 Å². The second-order valence-electron chi connectivity index (χ2n) is 4.46. The number of aromatic nitrogens is 1. The minimum atomic E-state index is -0.188. The molecule has 1 atom stereocenters. The average Bonchev–Trinajstić information content (AvgIpc) is 3.10. The molecule has 0 saturated heterocycles. The molecule has 8 heteroatoms. The summed E-state index contributed by atoms with van der Waals surface area (Å²) < 4.78 is 0. The highest BCUT2D eigenvalue weighted by molar-refractivity contribution is 7.14. The number of amides is 2. The second kappa shape index (κ2) is 7.30. The maximum atomic E-state index is 11.9. The zero-order valence-electron chi connectivity index (χ0n) is 11.5. The molecule has 2 aromatic rings. The lowest BCUT2D eigenvalue weighted by Gasteiger charge is -2.09.